The van der Waals surface area contributed by atoms with Gasteiger partial charge in [-0.3, -0.25) is 0 Å². The van der Waals surface area contributed by atoms with E-state index in [1.54, 1.807) is 11.3 Å². The van der Waals surface area contributed by atoms with E-state index < -0.39 is 0 Å². The Morgan fingerprint density at radius 1 is 1.15 bits per heavy atom. The SMILES string of the molecule is O=C(NCc1cccs1)N1CCC(Cn2ccnc2-c2ccccc2)CC1. The van der Waals surface area contributed by atoms with E-state index in [0.717, 1.165) is 43.9 Å². The largest absolute Gasteiger partial charge is 0.333 e. The molecule has 3 heterocycles. The van der Waals surface area contributed by atoms with Gasteiger partial charge in [0.2, 0.25) is 0 Å². The van der Waals surface area contributed by atoms with Gasteiger partial charge in [-0.15, -0.1) is 11.3 Å². The van der Waals surface area contributed by atoms with Crippen LogP contribution in [0.5, 0.6) is 0 Å². The molecule has 1 fully saturated rings. The summed E-state index contributed by atoms with van der Waals surface area (Å²) >= 11 is 1.67. The summed E-state index contributed by atoms with van der Waals surface area (Å²) in [5.41, 5.74) is 1.15. The van der Waals surface area contributed by atoms with Crippen LogP contribution in [0.1, 0.15) is 17.7 Å². The number of thiophene rings is 1. The van der Waals surface area contributed by atoms with Gasteiger partial charge in [0.1, 0.15) is 5.82 Å². The lowest BCUT2D eigenvalue weighted by atomic mass is 9.97. The van der Waals surface area contributed by atoms with E-state index in [1.165, 1.54) is 4.88 Å². The third kappa shape index (κ3) is 4.39. The average Bonchev–Trinajstić information content (AvgIpc) is 3.39. The van der Waals surface area contributed by atoms with E-state index >= 15 is 0 Å². The molecule has 3 aromatic rings. The number of piperidine rings is 1. The van der Waals surface area contributed by atoms with Crippen molar-refractivity contribution in [2.45, 2.75) is 25.9 Å². The quantitative estimate of drug-likeness (QED) is 0.720. The monoisotopic (exact) mass is 380 g/mol. The second-order valence-electron chi connectivity index (χ2n) is 6.94. The van der Waals surface area contributed by atoms with Gasteiger partial charge in [0.25, 0.3) is 0 Å². The van der Waals surface area contributed by atoms with Gasteiger partial charge >= 0.3 is 6.03 Å². The summed E-state index contributed by atoms with van der Waals surface area (Å²) in [6.07, 6.45) is 5.98. The minimum absolute atomic E-state index is 0.0504. The molecule has 5 nitrogen and oxygen atoms in total. The zero-order chi connectivity index (χ0) is 18.5. The molecule has 2 aromatic heterocycles. The summed E-state index contributed by atoms with van der Waals surface area (Å²) in [5.74, 6) is 1.59. The van der Waals surface area contributed by atoms with Crippen molar-refractivity contribution in [2.24, 2.45) is 5.92 Å². The molecule has 1 N–H and O–H groups in total. The number of likely N-dealkylation sites (tertiary alicyclic amines) is 1. The summed E-state index contributed by atoms with van der Waals surface area (Å²) in [6, 6.07) is 14.4. The highest BCUT2D eigenvalue weighted by Gasteiger charge is 2.23. The summed E-state index contributed by atoms with van der Waals surface area (Å²) in [6.45, 7) is 3.20. The summed E-state index contributed by atoms with van der Waals surface area (Å²) in [4.78, 5) is 20.0. The third-order valence-corrected chi connectivity index (χ3v) is 5.97. The minimum atomic E-state index is 0.0504. The fraction of sp³-hybridized carbons (Fsp3) is 0.333. The molecule has 1 aliphatic rings. The summed E-state index contributed by atoms with van der Waals surface area (Å²) in [5, 5.41) is 5.06. The maximum atomic E-state index is 12.4. The number of rotatable bonds is 5. The fourth-order valence-electron chi connectivity index (χ4n) is 3.59. The standard InChI is InChI=1S/C21H24N4OS/c26-21(23-15-19-7-4-14-27-19)24-11-8-17(9-12-24)16-25-13-10-22-20(25)18-5-2-1-3-6-18/h1-7,10,13-14,17H,8-9,11-12,15-16H2,(H,23,26). The predicted molar refractivity (Wildman–Crippen MR) is 109 cm³/mol. The van der Waals surface area contributed by atoms with Crippen molar-refractivity contribution in [3.63, 3.8) is 0 Å². The van der Waals surface area contributed by atoms with Gasteiger partial charge < -0.3 is 14.8 Å². The number of amides is 2. The number of carbonyl (C=O) groups is 1. The molecular formula is C21H24N4OS. The first-order valence-electron chi connectivity index (χ1n) is 9.41. The Labute approximate surface area is 163 Å². The smallest absolute Gasteiger partial charge is 0.317 e. The van der Waals surface area contributed by atoms with Crippen LogP contribution in [0.15, 0.2) is 60.2 Å². The maximum Gasteiger partial charge on any atom is 0.317 e. The van der Waals surface area contributed by atoms with Crippen molar-refractivity contribution < 1.29 is 4.79 Å². The van der Waals surface area contributed by atoms with E-state index in [2.05, 4.69) is 33.2 Å². The first-order valence-corrected chi connectivity index (χ1v) is 10.3. The highest BCUT2D eigenvalue weighted by atomic mass is 32.1. The molecule has 0 spiro atoms. The second kappa shape index (κ2) is 8.39. The number of urea groups is 1. The van der Waals surface area contributed by atoms with Gasteiger partial charge in [-0.1, -0.05) is 36.4 Å². The number of hydrogen-bond donors (Lipinski definition) is 1. The lowest BCUT2D eigenvalue weighted by Crippen LogP contribution is -2.44. The number of aromatic nitrogens is 2. The number of imidazole rings is 1. The van der Waals surface area contributed by atoms with Crippen molar-refractivity contribution in [1.82, 2.24) is 19.8 Å². The summed E-state index contributed by atoms with van der Waals surface area (Å²) in [7, 11) is 0. The fourth-order valence-corrected chi connectivity index (χ4v) is 4.23. The van der Waals surface area contributed by atoms with Gasteiger partial charge in [-0.2, -0.15) is 0 Å². The molecule has 0 unspecified atom stereocenters. The lowest BCUT2D eigenvalue weighted by molar-refractivity contribution is 0.165. The molecule has 27 heavy (non-hydrogen) atoms. The highest BCUT2D eigenvalue weighted by Crippen LogP contribution is 2.23. The van der Waals surface area contributed by atoms with Crippen LogP contribution in [0.3, 0.4) is 0 Å². The lowest BCUT2D eigenvalue weighted by Gasteiger charge is -2.32. The van der Waals surface area contributed by atoms with E-state index in [0.29, 0.717) is 12.5 Å². The van der Waals surface area contributed by atoms with Crippen LogP contribution in [0, 0.1) is 5.92 Å². The topological polar surface area (TPSA) is 50.2 Å². The molecule has 1 aromatic carbocycles. The maximum absolute atomic E-state index is 12.4. The molecule has 4 rings (SSSR count). The Morgan fingerprint density at radius 3 is 2.70 bits per heavy atom. The number of benzene rings is 1. The molecule has 0 radical (unpaired) electrons. The first-order chi connectivity index (χ1) is 13.3. The molecule has 6 heteroatoms. The Kier molecular flexibility index (Phi) is 5.53. The molecule has 1 saturated heterocycles. The average molecular weight is 381 g/mol. The number of nitrogens with one attached hydrogen (secondary N) is 1. The van der Waals surface area contributed by atoms with Crippen LogP contribution in [-0.2, 0) is 13.1 Å². The van der Waals surface area contributed by atoms with Gasteiger partial charge in [0.15, 0.2) is 0 Å². The molecule has 1 aliphatic heterocycles. The molecule has 2 amide bonds. The zero-order valence-electron chi connectivity index (χ0n) is 15.3. The predicted octanol–water partition coefficient (Wildman–Crippen LogP) is 4.23. The third-order valence-electron chi connectivity index (χ3n) is 5.10. The van der Waals surface area contributed by atoms with Gasteiger partial charge in [-0.25, -0.2) is 9.78 Å². The van der Waals surface area contributed by atoms with Crippen LogP contribution in [0.25, 0.3) is 11.4 Å². The Morgan fingerprint density at radius 2 is 1.96 bits per heavy atom. The van der Waals surface area contributed by atoms with Crippen molar-refractivity contribution >= 4 is 17.4 Å². The van der Waals surface area contributed by atoms with Crippen LogP contribution in [0.4, 0.5) is 4.79 Å². The summed E-state index contributed by atoms with van der Waals surface area (Å²) < 4.78 is 2.24. The molecule has 140 valence electrons. The minimum Gasteiger partial charge on any atom is -0.333 e. The number of nitrogens with zero attached hydrogens (tertiary/aromatic N) is 3. The Hall–Kier alpha value is -2.60. The molecule has 0 bridgehead atoms. The van der Waals surface area contributed by atoms with Gasteiger partial charge in [0, 0.05) is 42.5 Å². The Balaban J connectivity index is 1.29. The first kappa shape index (κ1) is 17.8. The van der Waals surface area contributed by atoms with Crippen molar-refractivity contribution in [1.29, 1.82) is 0 Å². The van der Waals surface area contributed by atoms with Crippen molar-refractivity contribution in [3.05, 3.63) is 65.1 Å². The van der Waals surface area contributed by atoms with Crippen LogP contribution >= 0.6 is 11.3 Å². The van der Waals surface area contributed by atoms with Crippen molar-refractivity contribution in [2.75, 3.05) is 13.1 Å². The molecule has 0 atom stereocenters. The van der Waals surface area contributed by atoms with Crippen LogP contribution in [0.2, 0.25) is 0 Å². The highest BCUT2D eigenvalue weighted by molar-refractivity contribution is 7.09. The van der Waals surface area contributed by atoms with Gasteiger partial charge in [-0.05, 0) is 30.2 Å². The second-order valence-corrected chi connectivity index (χ2v) is 7.97. The van der Waals surface area contributed by atoms with Gasteiger partial charge in [0.05, 0.1) is 6.54 Å². The zero-order valence-corrected chi connectivity index (χ0v) is 16.1. The van der Waals surface area contributed by atoms with E-state index in [-0.39, 0.29) is 6.03 Å². The number of hydrogen-bond acceptors (Lipinski definition) is 3. The van der Waals surface area contributed by atoms with Crippen LogP contribution < -0.4 is 5.32 Å². The number of carbonyl (C=O) groups excluding carboxylic acids is 1. The normalized spacial score (nSPS) is 15.0. The van der Waals surface area contributed by atoms with E-state index in [1.807, 2.05) is 46.8 Å². The molecular weight excluding hydrogens is 356 g/mol. The van der Waals surface area contributed by atoms with E-state index in [4.69, 9.17) is 0 Å². The molecule has 0 saturated carbocycles. The molecule has 0 aliphatic carbocycles. The van der Waals surface area contributed by atoms with Crippen molar-refractivity contribution in [3.8, 4) is 11.4 Å². The van der Waals surface area contributed by atoms with Crippen LogP contribution in [-0.4, -0.2) is 33.6 Å². The Bertz CT molecular complexity index is 851. The van der Waals surface area contributed by atoms with E-state index in [9.17, 15) is 4.79 Å².